The van der Waals surface area contributed by atoms with Gasteiger partial charge in [-0.1, -0.05) is 55.1 Å². The van der Waals surface area contributed by atoms with Crippen LogP contribution in [0.3, 0.4) is 0 Å². The lowest BCUT2D eigenvalue weighted by Gasteiger charge is -2.11. The molecule has 0 atom stereocenters. The molecule has 1 N–H and O–H groups in total. The first-order chi connectivity index (χ1) is 10.3. The van der Waals surface area contributed by atoms with Gasteiger partial charge in [0.2, 0.25) is 0 Å². The average molecular weight is 281 g/mol. The minimum absolute atomic E-state index is 0.542. The highest BCUT2D eigenvalue weighted by molar-refractivity contribution is 5.33. The van der Waals surface area contributed by atoms with Crippen molar-refractivity contribution in [1.82, 2.24) is 5.32 Å². The summed E-state index contributed by atoms with van der Waals surface area (Å²) in [6, 6.07) is 16.7. The van der Waals surface area contributed by atoms with Crippen molar-refractivity contribution in [3.63, 3.8) is 0 Å². The van der Waals surface area contributed by atoms with Crippen molar-refractivity contribution in [2.45, 2.75) is 19.9 Å². The molecule has 21 heavy (non-hydrogen) atoms. The van der Waals surface area contributed by atoms with E-state index in [0.29, 0.717) is 6.61 Å². The van der Waals surface area contributed by atoms with Gasteiger partial charge in [0.15, 0.2) is 0 Å². The van der Waals surface area contributed by atoms with Crippen molar-refractivity contribution in [2.75, 3.05) is 13.2 Å². The summed E-state index contributed by atoms with van der Waals surface area (Å²) < 4.78 is 5.66. The molecule has 2 heteroatoms. The fourth-order valence-corrected chi connectivity index (χ4v) is 2.28. The quantitative estimate of drug-likeness (QED) is 0.585. The standard InChI is InChI=1S/C19H23NO/c1-3-14-21-19-11-7-6-10-18(19)15-20-13-12-17-9-5-4-8-16(17)2/h3-11,20H,1,12-15H2,2H3. The van der Waals surface area contributed by atoms with Gasteiger partial charge in [0.05, 0.1) is 0 Å². The van der Waals surface area contributed by atoms with Gasteiger partial charge in [0.25, 0.3) is 0 Å². The van der Waals surface area contributed by atoms with Crippen LogP contribution in [0.4, 0.5) is 0 Å². The lowest BCUT2D eigenvalue weighted by molar-refractivity contribution is 0.358. The number of aryl methyl sites for hydroxylation is 1. The lowest BCUT2D eigenvalue weighted by atomic mass is 10.1. The van der Waals surface area contributed by atoms with Crippen LogP contribution in [-0.4, -0.2) is 13.2 Å². The SMILES string of the molecule is C=CCOc1ccccc1CNCCc1ccccc1C. The molecule has 0 aliphatic carbocycles. The summed E-state index contributed by atoms with van der Waals surface area (Å²) in [7, 11) is 0. The topological polar surface area (TPSA) is 21.3 Å². The van der Waals surface area contributed by atoms with Crippen LogP contribution in [0.25, 0.3) is 0 Å². The number of hydrogen-bond acceptors (Lipinski definition) is 2. The maximum absolute atomic E-state index is 5.66. The zero-order valence-electron chi connectivity index (χ0n) is 12.6. The van der Waals surface area contributed by atoms with Crippen molar-refractivity contribution < 1.29 is 4.74 Å². The zero-order valence-corrected chi connectivity index (χ0v) is 12.6. The molecule has 0 bridgehead atoms. The zero-order chi connectivity index (χ0) is 14.9. The highest BCUT2D eigenvalue weighted by atomic mass is 16.5. The summed E-state index contributed by atoms with van der Waals surface area (Å²) in [5.74, 6) is 0.931. The Labute approximate surface area is 127 Å². The van der Waals surface area contributed by atoms with Crippen LogP contribution in [0.15, 0.2) is 61.2 Å². The number of benzene rings is 2. The van der Waals surface area contributed by atoms with Crippen LogP contribution in [0, 0.1) is 6.92 Å². The van der Waals surface area contributed by atoms with Crippen molar-refractivity contribution in [2.24, 2.45) is 0 Å². The molecule has 2 aromatic carbocycles. The third-order valence-electron chi connectivity index (χ3n) is 3.48. The molecule has 0 radical (unpaired) electrons. The first-order valence-corrected chi connectivity index (χ1v) is 7.38. The lowest BCUT2D eigenvalue weighted by Crippen LogP contribution is -2.17. The van der Waals surface area contributed by atoms with E-state index in [0.717, 1.165) is 25.3 Å². The molecule has 2 aromatic rings. The molecule has 0 heterocycles. The molecule has 2 rings (SSSR count). The van der Waals surface area contributed by atoms with Crippen molar-refractivity contribution in [3.8, 4) is 5.75 Å². The molecule has 0 aromatic heterocycles. The smallest absolute Gasteiger partial charge is 0.124 e. The molecular formula is C19H23NO. The van der Waals surface area contributed by atoms with Gasteiger partial charge in [-0.05, 0) is 37.1 Å². The molecule has 0 amide bonds. The van der Waals surface area contributed by atoms with Crippen LogP contribution in [0.2, 0.25) is 0 Å². The summed E-state index contributed by atoms with van der Waals surface area (Å²) in [5, 5.41) is 3.49. The van der Waals surface area contributed by atoms with Crippen molar-refractivity contribution >= 4 is 0 Å². The second kappa shape index (κ2) is 8.28. The van der Waals surface area contributed by atoms with E-state index in [4.69, 9.17) is 4.74 Å². The first-order valence-electron chi connectivity index (χ1n) is 7.38. The maximum atomic E-state index is 5.66. The average Bonchev–Trinajstić information content (AvgIpc) is 2.52. The number of para-hydroxylation sites is 1. The van der Waals surface area contributed by atoms with Gasteiger partial charge in [-0.3, -0.25) is 0 Å². The summed E-state index contributed by atoms with van der Waals surface area (Å²) in [6.07, 6.45) is 2.81. The Morgan fingerprint density at radius 2 is 1.76 bits per heavy atom. The number of ether oxygens (including phenoxy) is 1. The van der Waals surface area contributed by atoms with Gasteiger partial charge < -0.3 is 10.1 Å². The van der Waals surface area contributed by atoms with E-state index >= 15 is 0 Å². The van der Waals surface area contributed by atoms with Crippen LogP contribution in [0.5, 0.6) is 5.75 Å². The Balaban J connectivity index is 1.83. The fourth-order valence-electron chi connectivity index (χ4n) is 2.28. The van der Waals surface area contributed by atoms with Gasteiger partial charge in [-0.2, -0.15) is 0 Å². The van der Waals surface area contributed by atoms with Crippen LogP contribution < -0.4 is 10.1 Å². The summed E-state index contributed by atoms with van der Waals surface area (Å²) in [6.45, 7) is 8.16. The maximum Gasteiger partial charge on any atom is 0.124 e. The van der Waals surface area contributed by atoms with E-state index in [9.17, 15) is 0 Å². The molecule has 0 saturated carbocycles. The summed E-state index contributed by atoms with van der Waals surface area (Å²) >= 11 is 0. The number of hydrogen-bond donors (Lipinski definition) is 1. The van der Waals surface area contributed by atoms with Crippen LogP contribution >= 0.6 is 0 Å². The molecule has 2 nitrogen and oxygen atoms in total. The molecule has 0 fully saturated rings. The molecule has 0 unspecified atom stereocenters. The van der Waals surface area contributed by atoms with Gasteiger partial charge in [0.1, 0.15) is 12.4 Å². The number of nitrogens with one attached hydrogen (secondary N) is 1. The number of rotatable bonds is 8. The van der Waals surface area contributed by atoms with E-state index in [1.165, 1.54) is 16.7 Å². The van der Waals surface area contributed by atoms with Crippen LogP contribution in [0.1, 0.15) is 16.7 Å². The minimum atomic E-state index is 0.542. The Morgan fingerprint density at radius 1 is 1.05 bits per heavy atom. The second-order valence-corrected chi connectivity index (χ2v) is 5.06. The Kier molecular flexibility index (Phi) is 6.04. The highest BCUT2D eigenvalue weighted by Crippen LogP contribution is 2.17. The summed E-state index contributed by atoms with van der Waals surface area (Å²) in [5.41, 5.74) is 3.94. The van der Waals surface area contributed by atoms with E-state index < -0.39 is 0 Å². The molecule has 0 aliphatic rings. The molecule has 0 saturated heterocycles. The third-order valence-corrected chi connectivity index (χ3v) is 3.48. The Hall–Kier alpha value is -2.06. The van der Waals surface area contributed by atoms with Gasteiger partial charge in [-0.25, -0.2) is 0 Å². The minimum Gasteiger partial charge on any atom is -0.489 e. The van der Waals surface area contributed by atoms with Gasteiger partial charge >= 0.3 is 0 Å². The van der Waals surface area contributed by atoms with E-state index in [1.54, 1.807) is 6.08 Å². The molecule has 0 spiro atoms. The Bertz CT molecular complexity index is 577. The molecule has 0 aliphatic heterocycles. The normalized spacial score (nSPS) is 10.3. The van der Waals surface area contributed by atoms with E-state index in [-0.39, 0.29) is 0 Å². The fraction of sp³-hybridized carbons (Fsp3) is 0.263. The van der Waals surface area contributed by atoms with Crippen molar-refractivity contribution in [1.29, 1.82) is 0 Å². The second-order valence-electron chi connectivity index (χ2n) is 5.06. The van der Waals surface area contributed by atoms with Crippen LogP contribution in [-0.2, 0) is 13.0 Å². The monoisotopic (exact) mass is 281 g/mol. The molecular weight excluding hydrogens is 258 g/mol. The van der Waals surface area contributed by atoms with Gasteiger partial charge in [-0.15, -0.1) is 0 Å². The van der Waals surface area contributed by atoms with E-state index in [2.05, 4.69) is 49.2 Å². The Morgan fingerprint density at radius 3 is 2.52 bits per heavy atom. The van der Waals surface area contributed by atoms with Gasteiger partial charge in [0, 0.05) is 12.1 Å². The predicted molar refractivity (Wildman–Crippen MR) is 88.7 cm³/mol. The van der Waals surface area contributed by atoms with E-state index in [1.807, 2.05) is 18.2 Å². The highest BCUT2D eigenvalue weighted by Gasteiger charge is 2.02. The van der Waals surface area contributed by atoms with Crippen molar-refractivity contribution in [3.05, 3.63) is 77.9 Å². The predicted octanol–water partition coefficient (Wildman–Crippen LogP) is 3.89. The third kappa shape index (κ3) is 4.76. The largest absolute Gasteiger partial charge is 0.489 e. The summed E-state index contributed by atoms with van der Waals surface area (Å²) in [4.78, 5) is 0. The first kappa shape index (κ1) is 15.3. The molecule has 110 valence electrons.